The molecule has 8 nitrogen and oxygen atoms in total. The van der Waals surface area contributed by atoms with E-state index in [4.69, 9.17) is 9.97 Å². The van der Waals surface area contributed by atoms with Crippen LogP contribution in [0.4, 0.5) is 5.82 Å². The number of hydrogen-bond donors (Lipinski definition) is 0. The van der Waals surface area contributed by atoms with Gasteiger partial charge in [-0.1, -0.05) is 0 Å². The largest absolute Gasteiger partial charge is 0.363 e. The molecule has 0 bridgehead atoms. The summed E-state index contributed by atoms with van der Waals surface area (Å²) in [6.45, 7) is 4.90. The molecule has 0 N–H and O–H groups in total. The van der Waals surface area contributed by atoms with Crippen LogP contribution in [0.3, 0.4) is 0 Å². The molecule has 3 saturated heterocycles. The molecule has 170 valence electrons. The molecule has 31 heavy (non-hydrogen) atoms. The number of nitrogens with zero attached hydrogens (tertiary/aromatic N) is 6. The summed E-state index contributed by atoms with van der Waals surface area (Å²) in [6.07, 6.45) is 5.97. The summed E-state index contributed by atoms with van der Waals surface area (Å²) in [7, 11) is 5.85. The molecule has 3 aliphatic rings. The first-order valence-electron chi connectivity index (χ1n) is 11.7. The lowest BCUT2D eigenvalue weighted by atomic mass is 9.95. The van der Waals surface area contributed by atoms with Crippen LogP contribution in [0.2, 0.25) is 0 Å². The molecule has 4 heterocycles. The number of carbonyl (C=O) groups excluding carboxylic acids is 2. The molecule has 0 radical (unpaired) electrons. The minimum absolute atomic E-state index is 0.139. The molecule has 8 heteroatoms. The van der Waals surface area contributed by atoms with Gasteiger partial charge < -0.3 is 14.7 Å². The van der Waals surface area contributed by atoms with E-state index in [-0.39, 0.29) is 17.7 Å². The van der Waals surface area contributed by atoms with E-state index in [0.717, 1.165) is 75.7 Å². The summed E-state index contributed by atoms with van der Waals surface area (Å²) in [6, 6.07) is 2.03. The van der Waals surface area contributed by atoms with Crippen LogP contribution in [0.15, 0.2) is 6.07 Å². The van der Waals surface area contributed by atoms with E-state index in [9.17, 15) is 9.59 Å². The standard InChI is InChI=1S/C23H36N6O2/c1-26(2)20-14-19(18-13-21(30)27(3)15-18)24-23(25-20)17-7-11-28(12-8-17)16-22(31)29-9-5-4-6-10-29/h14,17-18H,4-13,15-16H2,1-3H3/t18-/m0/s1. The summed E-state index contributed by atoms with van der Waals surface area (Å²) >= 11 is 0. The highest BCUT2D eigenvalue weighted by molar-refractivity contribution is 5.79. The van der Waals surface area contributed by atoms with E-state index in [1.54, 1.807) is 4.90 Å². The van der Waals surface area contributed by atoms with E-state index >= 15 is 0 Å². The minimum Gasteiger partial charge on any atom is -0.363 e. The maximum atomic E-state index is 12.6. The number of carbonyl (C=O) groups is 2. The quantitative estimate of drug-likeness (QED) is 0.711. The van der Waals surface area contributed by atoms with Gasteiger partial charge in [-0.25, -0.2) is 9.97 Å². The average Bonchev–Trinajstić information content (AvgIpc) is 3.13. The van der Waals surface area contributed by atoms with Gasteiger partial charge in [0.05, 0.1) is 12.2 Å². The number of amides is 2. The van der Waals surface area contributed by atoms with Crippen molar-refractivity contribution in [2.45, 2.75) is 50.4 Å². The summed E-state index contributed by atoms with van der Waals surface area (Å²) in [5, 5.41) is 0. The van der Waals surface area contributed by atoms with Gasteiger partial charge in [0.15, 0.2) is 0 Å². The molecule has 2 amide bonds. The second kappa shape index (κ2) is 9.51. The lowest BCUT2D eigenvalue weighted by Crippen LogP contribution is -2.45. The Bertz CT molecular complexity index is 799. The van der Waals surface area contributed by atoms with Gasteiger partial charge >= 0.3 is 0 Å². The first-order valence-corrected chi connectivity index (χ1v) is 11.7. The maximum absolute atomic E-state index is 12.6. The highest BCUT2D eigenvalue weighted by Crippen LogP contribution is 2.31. The number of hydrogen-bond acceptors (Lipinski definition) is 6. The van der Waals surface area contributed by atoms with Crippen molar-refractivity contribution in [3.8, 4) is 0 Å². The van der Waals surface area contributed by atoms with Gasteiger partial charge in [-0.15, -0.1) is 0 Å². The molecular weight excluding hydrogens is 392 g/mol. The van der Waals surface area contributed by atoms with Gasteiger partial charge in [0, 0.05) is 65.1 Å². The number of likely N-dealkylation sites (N-methyl/N-ethyl adjacent to an activating group) is 1. The van der Waals surface area contributed by atoms with E-state index in [1.165, 1.54) is 6.42 Å². The predicted octanol–water partition coefficient (Wildman–Crippen LogP) is 1.68. The molecule has 0 unspecified atom stereocenters. The first kappa shape index (κ1) is 22.0. The molecule has 3 fully saturated rings. The fraction of sp³-hybridized carbons (Fsp3) is 0.739. The molecule has 4 rings (SSSR count). The van der Waals surface area contributed by atoms with Crippen molar-refractivity contribution in [1.82, 2.24) is 24.7 Å². The Labute approximate surface area is 185 Å². The topological polar surface area (TPSA) is 72.9 Å². The lowest BCUT2D eigenvalue weighted by molar-refractivity contribution is -0.133. The Morgan fingerprint density at radius 3 is 2.39 bits per heavy atom. The molecule has 3 aliphatic heterocycles. The molecule has 1 aromatic rings. The van der Waals surface area contributed by atoms with Crippen molar-refractivity contribution >= 4 is 17.6 Å². The number of rotatable bonds is 5. The van der Waals surface area contributed by atoms with E-state index in [2.05, 4.69) is 4.90 Å². The van der Waals surface area contributed by atoms with Crippen LogP contribution in [0.5, 0.6) is 0 Å². The number of anilines is 1. The van der Waals surface area contributed by atoms with Crippen molar-refractivity contribution in [1.29, 1.82) is 0 Å². The Morgan fingerprint density at radius 1 is 1.06 bits per heavy atom. The number of piperidine rings is 2. The molecule has 0 saturated carbocycles. The average molecular weight is 429 g/mol. The van der Waals surface area contributed by atoms with Crippen molar-refractivity contribution in [2.24, 2.45) is 0 Å². The zero-order valence-electron chi connectivity index (χ0n) is 19.2. The maximum Gasteiger partial charge on any atom is 0.236 e. The van der Waals surface area contributed by atoms with Crippen LogP contribution in [0.25, 0.3) is 0 Å². The Balaban J connectivity index is 1.40. The van der Waals surface area contributed by atoms with Crippen LogP contribution in [-0.2, 0) is 9.59 Å². The van der Waals surface area contributed by atoms with Gasteiger partial charge in [0.1, 0.15) is 11.6 Å². The summed E-state index contributed by atoms with van der Waals surface area (Å²) in [4.78, 5) is 42.6. The second-order valence-corrected chi connectivity index (χ2v) is 9.57. The van der Waals surface area contributed by atoms with Crippen molar-refractivity contribution in [3.63, 3.8) is 0 Å². The zero-order chi connectivity index (χ0) is 22.0. The number of likely N-dealkylation sites (tertiary alicyclic amines) is 3. The normalized spacial score (nSPS) is 23.5. The molecule has 0 spiro atoms. The molecule has 1 atom stereocenters. The third kappa shape index (κ3) is 5.17. The Morgan fingerprint density at radius 2 is 1.77 bits per heavy atom. The van der Waals surface area contributed by atoms with Gasteiger partial charge in [-0.3, -0.25) is 14.5 Å². The van der Waals surface area contributed by atoms with Gasteiger partial charge in [-0.05, 0) is 45.2 Å². The minimum atomic E-state index is 0.139. The van der Waals surface area contributed by atoms with Crippen molar-refractivity contribution in [2.75, 3.05) is 65.3 Å². The van der Waals surface area contributed by atoms with E-state index < -0.39 is 0 Å². The van der Waals surface area contributed by atoms with Crippen LogP contribution >= 0.6 is 0 Å². The fourth-order valence-electron chi connectivity index (χ4n) is 4.94. The van der Waals surface area contributed by atoms with Gasteiger partial charge in [0.2, 0.25) is 11.8 Å². The van der Waals surface area contributed by atoms with Crippen molar-refractivity contribution < 1.29 is 9.59 Å². The zero-order valence-corrected chi connectivity index (χ0v) is 19.2. The third-order valence-electron chi connectivity index (χ3n) is 6.99. The number of aromatic nitrogens is 2. The van der Waals surface area contributed by atoms with Crippen LogP contribution in [0, 0.1) is 0 Å². The van der Waals surface area contributed by atoms with Crippen LogP contribution in [-0.4, -0.2) is 96.9 Å². The SMILES string of the molecule is CN1C[C@@H](c2cc(N(C)C)nc(C3CCN(CC(=O)N4CCCCC4)CC3)n2)CC1=O. The van der Waals surface area contributed by atoms with Gasteiger partial charge in [0.25, 0.3) is 0 Å². The summed E-state index contributed by atoms with van der Waals surface area (Å²) in [5.41, 5.74) is 0.981. The smallest absolute Gasteiger partial charge is 0.236 e. The predicted molar refractivity (Wildman–Crippen MR) is 120 cm³/mol. The van der Waals surface area contributed by atoms with E-state index in [1.807, 2.05) is 37.0 Å². The Kier molecular flexibility index (Phi) is 6.74. The molecule has 1 aromatic heterocycles. The van der Waals surface area contributed by atoms with E-state index in [0.29, 0.717) is 18.9 Å². The fourth-order valence-corrected chi connectivity index (χ4v) is 4.94. The summed E-state index contributed by atoms with van der Waals surface area (Å²) in [5.74, 6) is 2.70. The second-order valence-electron chi connectivity index (χ2n) is 9.57. The third-order valence-corrected chi connectivity index (χ3v) is 6.99. The molecule has 0 aromatic carbocycles. The van der Waals surface area contributed by atoms with Crippen molar-refractivity contribution in [3.05, 3.63) is 17.6 Å². The van der Waals surface area contributed by atoms with Crippen LogP contribution < -0.4 is 4.90 Å². The monoisotopic (exact) mass is 428 g/mol. The highest BCUT2D eigenvalue weighted by Gasteiger charge is 2.31. The molecule has 0 aliphatic carbocycles. The lowest BCUT2D eigenvalue weighted by Gasteiger charge is -2.34. The Hall–Kier alpha value is -2.22. The molecular formula is C23H36N6O2. The first-order chi connectivity index (χ1) is 14.9. The van der Waals surface area contributed by atoms with Crippen LogP contribution in [0.1, 0.15) is 61.9 Å². The summed E-state index contributed by atoms with van der Waals surface area (Å²) < 4.78 is 0. The highest BCUT2D eigenvalue weighted by atomic mass is 16.2. The van der Waals surface area contributed by atoms with Gasteiger partial charge in [-0.2, -0.15) is 0 Å².